The number of nitrogens with zero attached hydrogens (tertiary/aromatic N) is 1. The van der Waals surface area contributed by atoms with Crippen LogP contribution in [0.5, 0.6) is 0 Å². The number of pyridine rings is 1. The van der Waals surface area contributed by atoms with Gasteiger partial charge in [-0.05, 0) is 12.1 Å². The summed E-state index contributed by atoms with van der Waals surface area (Å²) in [5.41, 5.74) is -1.34. The highest BCUT2D eigenvalue weighted by molar-refractivity contribution is 7.91. The largest absolute Gasteiger partial charge is 0.394 e. The summed E-state index contributed by atoms with van der Waals surface area (Å²) in [7, 11) is -3.88. The van der Waals surface area contributed by atoms with E-state index in [4.69, 9.17) is 9.84 Å². The van der Waals surface area contributed by atoms with Gasteiger partial charge in [0.1, 0.15) is 12.2 Å². The van der Waals surface area contributed by atoms with Crippen molar-refractivity contribution in [2.24, 2.45) is 0 Å². The van der Waals surface area contributed by atoms with Crippen LogP contribution in [0.2, 0.25) is 0 Å². The molecule has 1 aliphatic rings. The maximum absolute atomic E-state index is 12.2. The van der Waals surface area contributed by atoms with Gasteiger partial charge in [-0.25, -0.2) is 13.4 Å². The van der Waals surface area contributed by atoms with Crippen molar-refractivity contribution in [1.29, 1.82) is 0 Å². The number of ether oxygens (including phenoxy) is 1. The lowest BCUT2D eigenvalue weighted by atomic mass is 10.0. The molecule has 1 aliphatic heterocycles. The topological polar surface area (TPSA) is 117 Å². The lowest BCUT2D eigenvalue weighted by Crippen LogP contribution is -2.51. The quantitative estimate of drug-likeness (QED) is 0.632. The third-order valence-corrected chi connectivity index (χ3v) is 4.81. The van der Waals surface area contributed by atoms with Crippen molar-refractivity contribution >= 4 is 9.84 Å². The number of rotatable bonds is 3. The molecule has 0 amide bonds. The Bertz CT molecular complexity index is 519. The Hall–Kier alpha value is -1.06. The van der Waals surface area contributed by atoms with Crippen LogP contribution in [-0.2, 0) is 14.6 Å². The molecule has 2 rings (SSSR count). The summed E-state index contributed by atoms with van der Waals surface area (Å²) in [4.78, 5) is 3.75. The Morgan fingerprint density at radius 1 is 1.37 bits per heavy atom. The van der Waals surface area contributed by atoms with E-state index < -0.39 is 40.2 Å². The number of hydrogen-bond donors (Lipinski definition) is 3. The van der Waals surface area contributed by atoms with Gasteiger partial charge in [0.15, 0.2) is 10.5 Å². The van der Waals surface area contributed by atoms with Gasteiger partial charge in [-0.15, -0.1) is 0 Å². The number of aliphatic hydroxyl groups excluding tert-OH is 3. The fraction of sp³-hybridized carbons (Fsp3) is 0.545. The van der Waals surface area contributed by atoms with Crippen LogP contribution in [0.3, 0.4) is 0 Å². The number of aromatic nitrogens is 1. The normalized spacial score (nSPS) is 32.2. The molecule has 1 aromatic rings. The van der Waals surface area contributed by atoms with Crippen LogP contribution in [0.1, 0.15) is 6.42 Å². The Kier molecular flexibility index (Phi) is 4.16. The molecule has 1 unspecified atom stereocenters. The van der Waals surface area contributed by atoms with Crippen LogP contribution >= 0.6 is 0 Å². The van der Waals surface area contributed by atoms with E-state index in [2.05, 4.69) is 4.98 Å². The lowest BCUT2D eigenvalue weighted by Gasteiger charge is -2.35. The lowest BCUT2D eigenvalue weighted by molar-refractivity contribution is -0.159. The zero-order valence-electron chi connectivity index (χ0n) is 9.95. The first-order valence-electron chi connectivity index (χ1n) is 5.74. The molecule has 0 aliphatic carbocycles. The first-order chi connectivity index (χ1) is 8.96. The second-order valence-corrected chi connectivity index (χ2v) is 6.33. The molecule has 0 bridgehead atoms. The summed E-state index contributed by atoms with van der Waals surface area (Å²) in [6.07, 6.45) is -2.64. The van der Waals surface area contributed by atoms with Crippen molar-refractivity contribution in [3.63, 3.8) is 0 Å². The number of aliphatic hydroxyl groups is 3. The van der Waals surface area contributed by atoms with Gasteiger partial charge in [0.2, 0.25) is 9.84 Å². The summed E-state index contributed by atoms with van der Waals surface area (Å²) < 4.78 is 29.6. The van der Waals surface area contributed by atoms with Crippen molar-refractivity contribution in [2.75, 3.05) is 6.61 Å². The van der Waals surface area contributed by atoms with E-state index in [1.54, 1.807) is 6.07 Å². The molecule has 4 atom stereocenters. The van der Waals surface area contributed by atoms with Crippen LogP contribution in [0.25, 0.3) is 0 Å². The maximum atomic E-state index is 12.2. The molecule has 19 heavy (non-hydrogen) atoms. The van der Waals surface area contributed by atoms with Crippen LogP contribution in [0.15, 0.2) is 29.4 Å². The number of hydrogen-bond acceptors (Lipinski definition) is 7. The molecule has 1 saturated heterocycles. The van der Waals surface area contributed by atoms with Crippen LogP contribution in [0.4, 0.5) is 0 Å². The minimum atomic E-state index is -3.88. The highest BCUT2D eigenvalue weighted by Crippen LogP contribution is 2.27. The molecule has 0 aromatic carbocycles. The second-order valence-electron chi connectivity index (χ2n) is 4.29. The molecule has 3 N–H and O–H groups in total. The predicted molar refractivity (Wildman–Crippen MR) is 63.8 cm³/mol. The first kappa shape index (κ1) is 14.4. The fourth-order valence-corrected chi connectivity index (χ4v) is 3.40. The Labute approximate surface area is 110 Å². The zero-order valence-corrected chi connectivity index (χ0v) is 10.8. The minimum Gasteiger partial charge on any atom is -0.394 e. The predicted octanol–water partition coefficient (Wildman–Crippen LogP) is -1.32. The molecule has 106 valence electrons. The first-order valence-corrected chi connectivity index (χ1v) is 7.29. The van der Waals surface area contributed by atoms with Gasteiger partial charge in [-0.3, -0.25) is 0 Å². The van der Waals surface area contributed by atoms with E-state index in [9.17, 15) is 18.6 Å². The van der Waals surface area contributed by atoms with Crippen LogP contribution in [0, 0.1) is 0 Å². The maximum Gasteiger partial charge on any atom is 0.222 e. The van der Waals surface area contributed by atoms with E-state index in [1.807, 2.05) is 0 Å². The van der Waals surface area contributed by atoms with E-state index in [-0.39, 0.29) is 11.4 Å². The standard InChI is InChI=1S/C11H15NO6S/c13-6-8-11(15)7(14)5-10(18-8)19(16,17)9-3-1-2-4-12-9/h1-4,7-8,10-11,13-15H,5-6H2/t7-,8-,10?,11+/m1/s1. The molecule has 2 heterocycles. The van der Waals surface area contributed by atoms with Gasteiger partial charge in [0.25, 0.3) is 0 Å². The summed E-state index contributed by atoms with van der Waals surface area (Å²) in [5, 5.41) is 28.0. The van der Waals surface area contributed by atoms with Gasteiger partial charge in [-0.1, -0.05) is 6.07 Å². The van der Waals surface area contributed by atoms with E-state index >= 15 is 0 Å². The minimum absolute atomic E-state index is 0.166. The van der Waals surface area contributed by atoms with Crippen molar-refractivity contribution in [1.82, 2.24) is 4.98 Å². The van der Waals surface area contributed by atoms with Crippen molar-refractivity contribution < 1.29 is 28.5 Å². The summed E-state index contributed by atoms with van der Waals surface area (Å²) in [6, 6.07) is 4.43. The van der Waals surface area contributed by atoms with Gasteiger partial charge in [-0.2, -0.15) is 0 Å². The third-order valence-electron chi connectivity index (χ3n) is 2.99. The highest BCUT2D eigenvalue weighted by Gasteiger charge is 2.42. The molecule has 0 saturated carbocycles. The van der Waals surface area contributed by atoms with E-state index in [0.29, 0.717) is 0 Å². The monoisotopic (exact) mass is 289 g/mol. The SMILES string of the molecule is O=S(=O)(c1ccccn1)C1C[C@@H](O)[C@H](O)[C@@H](CO)O1. The van der Waals surface area contributed by atoms with E-state index in [1.165, 1.54) is 18.3 Å². The van der Waals surface area contributed by atoms with Crippen molar-refractivity contribution in [3.05, 3.63) is 24.4 Å². The molecule has 0 radical (unpaired) electrons. The summed E-state index contributed by atoms with van der Waals surface area (Å²) >= 11 is 0. The molecular formula is C11H15NO6S. The molecule has 7 nitrogen and oxygen atoms in total. The number of sulfone groups is 1. The Morgan fingerprint density at radius 3 is 2.68 bits per heavy atom. The second kappa shape index (κ2) is 5.51. The highest BCUT2D eigenvalue weighted by atomic mass is 32.2. The summed E-state index contributed by atoms with van der Waals surface area (Å²) in [5.74, 6) is 0. The third kappa shape index (κ3) is 2.77. The molecule has 1 aromatic heterocycles. The Morgan fingerprint density at radius 2 is 2.11 bits per heavy atom. The van der Waals surface area contributed by atoms with Gasteiger partial charge >= 0.3 is 0 Å². The Balaban J connectivity index is 2.27. The molecule has 0 spiro atoms. The zero-order chi connectivity index (χ0) is 14.0. The molecule has 8 heteroatoms. The fourth-order valence-electron chi connectivity index (χ4n) is 1.92. The van der Waals surface area contributed by atoms with Crippen LogP contribution < -0.4 is 0 Å². The molecular weight excluding hydrogens is 274 g/mol. The smallest absolute Gasteiger partial charge is 0.222 e. The van der Waals surface area contributed by atoms with Crippen molar-refractivity contribution in [3.8, 4) is 0 Å². The van der Waals surface area contributed by atoms with Crippen molar-refractivity contribution in [2.45, 2.75) is 35.2 Å². The molecule has 1 fully saturated rings. The van der Waals surface area contributed by atoms with Gasteiger partial charge in [0, 0.05) is 12.6 Å². The average Bonchev–Trinajstić information content (AvgIpc) is 2.42. The van der Waals surface area contributed by atoms with Gasteiger partial charge < -0.3 is 20.1 Å². The van der Waals surface area contributed by atoms with E-state index in [0.717, 1.165) is 0 Å². The van der Waals surface area contributed by atoms with Crippen LogP contribution in [-0.4, -0.2) is 59.1 Å². The average molecular weight is 289 g/mol. The van der Waals surface area contributed by atoms with Gasteiger partial charge in [0.05, 0.1) is 12.7 Å². The summed E-state index contributed by atoms with van der Waals surface area (Å²) in [6.45, 7) is -0.577.